The van der Waals surface area contributed by atoms with Gasteiger partial charge < -0.3 is 25.1 Å². The van der Waals surface area contributed by atoms with Crippen LogP contribution in [0.1, 0.15) is 31.0 Å². The second kappa shape index (κ2) is 8.47. The van der Waals surface area contributed by atoms with Crippen LogP contribution < -0.4 is 20.1 Å². The standard InChI is InChI=1S/C23H27N3O3/c1-15(2)22(16-7-8-20-21(13-16)29-12-11-28-20)26-23(27)24-10-9-17-14-25-19-6-4-3-5-18(17)19/h3-8,13-15,22,25H,9-12H2,1-2H3,(H2,24,26,27)/t22-/m0/s1. The van der Waals surface area contributed by atoms with Gasteiger partial charge in [0, 0.05) is 23.6 Å². The van der Waals surface area contributed by atoms with Crippen molar-refractivity contribution in [1.29, 1.82) is 0 Å². The highest BCUT2D eigenvalue weighted by molar-refractivity contribution is 5.83. The average Bonchev–Trinajstić information content (AvgIpc) is 3.15. The van der Waals surface area contributed by atoms with Crippen molar-refractivity contribution in [3.05, 3.63) is 59.8 Å². The van der Waals surface area contributed by atoms with Crippen LogP contribution in [-0.2, 0) is 6.42 Å². The van der Waals surface area contributed by atoms with E-state index in [1.54, 1.807) is 0 Å². The summed E-state index contributed by atoms with van der Waals surface area (Å²) < 4.78 is 11.3. The van der Waals surface area contributed by atoms with Crippen LogP contribution in [0.2, 0.25) is 0 Å². The van der Waals surface area contributed by atoms with Crippen LogP contribution in [0.5, 0.6) is 11.5 Å². The van der Waals surface area contributed by atoms with Gasteiger partial charge in [-0.2, -0.15) is 0 Å². The molecule has 1 aliphatic rings. The molecule has 0 bridgehead atoms. The van der Waals surface area contributed by atoms with Gasteiger partial charge in [0.1, 0.15) is 13.2 Å². The van der Waals surface area contributed by atoms with Crippen LogP contribution in [0.25, 0.3) is 10.9 Å². The van der Waals surface area contributed by atoms with Gasteiger partial charge in [-0.15, -0.1) is 0 Å². The van der Waals surface area contributed by atoms with E-state index in [0.29, 0.717) is 19.8 Å². The van der Waals surface area contributed by atoms with E-state index in [1.807, 2.05) is 36.5 Å². The molecule has 0 radical (unpaired) electrons. The van der Waals surface area contributed by atoms with E-state index in [2.05, 4.69) is 41.6 Å². The Morgan fingerprint density at radius 3 is 2.72 bits per heavy atom. The number of H-pyrrole nitrogens is 1. The molecule has 0 saturated carbocycles. The number of ether oxygens (including phenoxy) is 2. The van der Waals surface area contributed by atoms with Crippen molar-refractivity contribution in [3.63, 3.8) is 0 Å². The summed E-state index contributed by atoms with van der Waals surface area (Å²) >= 11 is 0. The van der Waals surface area contributed by atoms with Gasteiger partial charge in [0.15, 0.2) is 11.5 Å². The monoisotopic (exact) mass is 393 g/mol. The smallest absolute Gasteiger partial charge is 0.315 e. The summed E-state index contributed by atoms with van der Waals surface area (Å²) in [6.07, 6.45) is 2.78. The van der Waals surface area contributed by atoms with E-state index in [0.717, 1.165) is 29.0 Å². The van der Waals surface area contributed by atoms with Crippen molar-refractivity contribution < 1.29 is 14.3 Å². The molecule has 1 atom stereocenters. The van der Waals surface area contributed by atoms with Crippen molar-refractivity contribution in [3.8, 4) is 11.5 Å². The summed E-state index contributed by atoms with van der Waals surface area (Å²) in [5.74, 6) is 1.73. The number of aromatic amines is 1. The van der Waals surface area contributed by atoms with Crippen molar-refractivity contribution in [1.82, 2.24) is 15.6 Å². The normalized spacial score (nSPS) is 14.0. The minimum absolute atomic E-state index is 0.112. The van der Waals surface area contributed by atoms with Crippen LogP contribution in [0.15, 0.2) is 48.7 Å². The van der Waals surface area contributed by atoms with Crippen molar-refractivity contribution in [2.75, 3.05) is 19.8 Å². The first-order valence-corrected chi connectivity index (χ1v) is 10.1. The second-order valence-corrected chi connectivity index (χ2v) is 7.63. The number of aromatic nitrogens is 1. The highest BCUT2D eigenvalue weighted by Gasteiger charge is 2.21. The maximum absolute atomic E-state index is 12.5. The summed E-state index contributed by atoms with van der Waals surface area (Å²) in [5, 5.41) is 7.29. The summed E-state index contributed by atoms with van der Waals surface area (Å²) in [6, 6.07) is 13.8. The van der Waals surface area contributed by atoms with E-state index < -0.39 is 0 Å². The molecular formula is C23H27N3O3. The van der Waals surface area contributed by atoms with Crippen molar-refractivity contribution in [2.45, 2.75) is 26.3 Å². The zero-order valence-corrected chi connectivity index (χ0v) is 16.8. The highest BCUT2D eigenvalue weighted by atomic mass is 16.6. The SMILES string of the molecule is CC(C)[C@H](NC(=O)NCCc1c[nH]c2ccccc12)c1ccc2c(c1)OCCO2. The maximum Gasteiger partial charge on any atom is 0.315 e. The molecule has 2 aromatic carbocycles. The zero-order valence-electron chi connectivity index (χ0n) is 16.8. The van der Waals surface area contributed by atoms with Gasteiger partial charge in [0.05, 0.1) is 6.04 Å². The van der Waals surface area contributed by atoms with Gasteiger partial charge in [-0.25, -0.2) is 4.79 Å². The van der Waals surface area contributed by atoms with Crippen LogP contribution in [0, 0.1) is 5.92 Å². The van der Waals surface area contributed by atoms with E-state index in [1.165, 1.54) is 10.9 Å². The third-order valence-corrected chi connectivity index (χ3v) is 5.23. The first-order chi connectivity index (χ1) is 14.1. The molecule has 2 amide bonds. The molecule has 1 aliphatic heterocycles. The number of hydrogen-bond donors (Lipinski definition) is 3. The largest absolute Gasteiger partial charge is 0.486 e. The van der Waals surface area contributed by atoms with Gasteiger partial charge >= 0.3 is 6.03 Å². The summed E-state index contributed by atoms with van der Waals surface area (Å²) in [4.78, 5) is 15.8. The third kappa shape index (κ3) is 4.31. The van der Waals surface area contributed by atoms with Crippen LogP contribution in [-0.4, -0.2) is 30.8 Å². The molecule has 0 spiro atoms. The number of benzene rings is 2. The Morgan fingerprint density at radius 2 is 1.90 bits per heavy atom. The minimum Gasteiger partial charge on any atom is -0.486 e. The Kier molecular flexibility index (Phi) is 5.60. The van der Waals surface area contributed by atoms with Crippen LogP contribution >= 0.6 is 0 Å². The average molecular weight is 393 g/mol. The topological polar surface area (TPSA) is 75.4 Å². The molecule has 6 heteroatoms. The lowest BCUT2D eigenvalue weighted by molar-refractivity contribution is 0.171. The Bertz CT molecular complexity index is 996. The molecule has 0 fully saturated rings. The van der Waals surface area contributed by atoms with Gasteiger partial charge in [-0.1, -0.05) is 38.1 Å². The number of hydrogen-bond acceptors (Lipinski definition) is 3. The van der Waals surface area contributed by atoms with E-state index in [4.69, 9.17) is 9.47 Å². The van der Waals surface area contributed by atoms with Gasteiger partial charge in [0.25, 0.3) is 0 Å². The predicted molar refractivity (Wildman–Crippen MR) is 114 cm³/mol. The van der Waals surface area contributed by atoms with Gasteiger partial charge in [0.2, 0.25) is 0 Å². The van der Waals surface area contributed by atoms with Crippen molar-refractivity contribution in [2.24, 2.45) is 5.92 Å². The number of para-hydroxylation sites is 1. The van der Waals surface area contributed by atoms with Gasteiger partial charge in [-0.3, -0.25) is 0 Å². The summed E-state index contributed by atoms with van der Waals surface area (Å²) in [5.41, 5.74) is 3.33. The quantitative estimate of drug-likeness (QED) is 0.588. The molecule has 2 heterocycles. The Labute approximate surface area is 170 Å². The maximum atomic E-state index is 12.5. The fraction of sp³-hybridized carbons (Fsp3) is 0.348. The summed E-state index contributed by atoms with van der Waals surface area (Å²) in [7, 11) is 0. The number of rotatable bonds is 6. The Balaban J connectivity index is 1.36. The highest BCUT2D eigenvalue weighted by Crippen LogP contribution is 2.34. The molecule has 0 aliphatic carbocycles. The molecule has 4 rings (SSSR count). The fourth-order valence-corrected chi connectivity index (χ4v) is 3.73. The molecule has 3 aromatic rings. The lowest BCUT2D eigenvalue weighted by Crippen LogP contribution is -2.40. The lowest BCUT2D eigenvalue weighted by atomic mass is 9.95. The molecule has 0 unspecified atom stereocenters. The molecular weight excluding hydrogens is 366 g/mol. The molecule has 1 aromatic heterocycles. The molecule has 152 valence electrons. The van der Waals surface area contributed by atoms with Gasteiger partial charge in [-0.05, 0) is 41.7 Å². The third-order valence-electron chi connectivity index (χ3n) is 5.23. The number of amides is 2. The number of carbonyl (C=O) groups excluding carboxylic acids is 1. The first-order valence-electron chi connectivity index (χ1n) is 10.1. The molecule has 3 N–H and O–H groups in total. The first kappa shape index (κ1) is 19.2. The lowest BCUT2D eigenvalue weighted by Gasteiger charge is -2.25. The van der Waals surface area contributed by atoms with Crippen molar-refractivity contribution >= 4 is 16.9 Å². The number of urea groups is 1. The van der Waals surface area contributed by atoms with E-state index in [-0.39, 0.29) is 18.0 Å². The molecule has 29 heavy (non-hydrogen) atoms. The predicted octanol–water partition coefficient (Wildman–Crippen LogP) is 4.18. The fourth-order valence-electron chi connectivity index (χ4n) is 3.73. The second-order valence-electron chi connectivity index (χ2n) is 7.63. The molecule has 0 saturated heterocycles. The van der Waals surface area contributed by atoms with E-state index >= 15 is 0 Å². The number of fused-ring (bicyclic) bond motifs is 2. The van der Waals surface area contributed by atoms with E-state index in [9.17, 15) is 4.79 Å². The Hall–Kier alpha value is -3.15. The minimum atomic E-state index is -0.168. The zero-order chi connectivity index (χ0) is 20.2. The Morgan fingerprint density at radius 1 is 1.10 bits per heavy atom. The van der Waals surface area contributed by atoms with Crippen LogP contribution in [0.3, 0.4) is 0 Å². The van der Waals surface area contributed by atoms with Crippen LogP contribution in [0.4, 0.5) is 4.79 Å². The summed E-state index contributed by atoms with van der Waals surface area (Å²) in [6.45, 7) is 5.86. The number of carbonyl (C=O) groups is 1. The number of nitrogens with one attached hydrogen (secondary N) is 3. The molecule has 6 nitrogen and oxygen atoms in total.